The molecule has 1 nitrogen and oxygen atoms in total. The predicted octanol–water partition coefficient (Wildman–Crippen LogP) is 4.50. The Labute approximate surface area is 118 Å². The van der Waals surface area contributed by atoms with Crippen LogP contribution in [0.25, 0.3) is 16.8 Å². The van der Waals surface area contributed by atoms with E-state index in [1.54, 1.807) is 0 Å². The average Bonchev–Trinajstić information content (AvgIpc) is 2.55. The summed E-state index contributed by atoms with van der Waals surface area (Å²) in [5, 5.41) is 6.09. The molecule has 0 radical (unpaired) electrons. The molecule has 0 aliphatic carbocycles. The fraction of sp³-hybridized carbons (Fsp3) is 0.0526. The van der Waals surface area contributed by atoms with E-state index in [4.69, 9.17) is 0 Å². The van der Waals surface area contributed by atoms with Crippen LogP contribution in [0.3, 0.4) is 0 Å². The van der Waals surface area contributed by atoms with Crippen molar-refractivity contribution in [1.29, 1.82) is 0 Å². The van der Waals surface area contributed by atoms with E-state index in [0.717, 1.165) is 0 Å². The molecule has 1 heteroatoms. The van der Waals surface area contributed by atoms with Gasteiger partial charge in [0.1, 0.15) is 0 Å². The molecule has 96 valence electrons. The zero-order valence-corrected chi connectivity index (χ0v) is 11.1. The Kier molecular flexibility index (Phi) is 2.56. The molecule has 0 fully saturated rings. The lowest BCUT2D eigenvalue weighted by atomic mass is 9.89. The molecule has 1 aliphatic rings. The topological polar surface area (TPSA) is 12.0 Å². The molecule has 3 aromatic carbocycles. The maximum Gasteiger partial charge on any atom is 0.0768 e. The molecule has 3 aromatic rings. The molecular weight excluding hydrogens is 242 g/mol. The lowest BCUT2D eigenvalue weighted by Gasteiger charge is -2.25. The second-order valence-electron chi connectivity index (χ2n) is 5.13. The highest BCUT2D eigenvalue weighted by Crippen LogP contribution is 2.33. The van der Waals surface area contributed by atoms with Gasteiger partial charge < -0.3 is 5.32 Å². The minimum absolute atomic E-state index is 0.237. The first kappa shape index (κ1) is 11.3. The van der Waals surface area contributed by atoms with Crippen LogP contribution in [0.2, 0.25) is 0 Å². The summed E-state index contributed by atoms with van der Waals surface area (Å²) in [6, 6.07) is 23.9. The van der Waals surface area contributed by atoms with Gasteiger partial charge in [0.05, 0.1) is 6.04 Å². The van der Waals surface area contributed by atoms with Gasteiger partial charge in [-0.15, -0.1) is 0 Å². The number of benzene rings is 3. The van der Waals surface area contributed by atoms with Crippen molar-refractivity contribution in [2.24, 2.45) is 0 Å². The molecule has 1 unspecified atom stereocenters. The first-order valence-corrected chi connectivity index (χ1v) is 6.93. The van der Waals surface area contributed by atoms with E-state index in [-0.39, 0.29) is 6.04 Å². The van der Waals surface area contributed by atoms with E-state index in [9.17, 15) is 0 Å². The van der Waals surface area contributed by atoms with Crippen molar-refractivity contribution >= 4 is 16.8 Å². The zero-order valence-electron chi connectivity index (χ0n) is 11.1. The number of hydrogen-bond acceptors (Lipinski definition) is 1. The van der Waals surface area contributed by atoms with E-state index in [2.05, 4.69) is 84.3 Å². The molecule has 1 aliphatic heterocycles. The number of rotatable bonds is 1. The van der Waals surface area contributed by atoms with Crippen LogP contribution < -0.4 is 5.32 Å². The van der Waals surface area contributed by atoms with Crippen LogP contribution in [0.15, 0.2) is 72.9 Å². The molecule has 0 spiro atoms. The van der Waals surface area contributed by atoms with Crippen LogP contribution in [0.5, 0.6) is 0 Å². The van der Waals surface area contributed by atoms with Gasteiger partial charge in [0.15, 0.2) is 0 Å². The number of nitrogens with one attached hydrogen (secondary N) is 1. The first-order chi connectivity index (χ1) is 9.93. The van der Waals surface area contributed by atoms with Crippen LogP contribution in [0, 0.1) is 0 Å². The highest BCUT2D eigenvalue weighted by atomic mass is 14.9. The molecular formula is C19H15N. The second-order valence-corrected chi connectivity index (χ2v) is 5.13. The lowest BCUT2D eigenvalue weighted by molar-refractivity contribution is 0.722. The number of fused-ring (bicyclic) bond motifs is 3. The lowest BCUT2D eigenvalue weighted by Crippen LogP contribution is -2.20. The predicted molar refractivity (Wildman–Crippen MR) is 84.4 cm³/mol. The van der Waals surface area contributed by atoms with Crippen molar-refractivity contribution in [3.8, 4) is 0 Å². The summed E-state index contributed by atoms with van der Waals surface area (Å²) in [7, 11) is 0. The van der Waals surface area contributed by atoms with Gasteiger partial charge in [-0.25, -0.2) is 0 Å². The largest absolute Gasteiger partial charge is 0.380 e. The fourth-order valence-corrected chi connectivity index (χ4v) is 2.99. The molecule has 0 saturated heterocycles. The Balaban J connectivity index is 1.94. The first-order valence-electron chi connectivity index (χ1n) is 6.93. The van der Waals surface area contributed by atoms with Gasteiger partial charge in [-0.05, 0) is 39.7 Å². The summed E-state index contributed by atoms with van der Waals surface area (Å²) in [5.41, 5.74) is 3.97. The van der Waals surface area contributed by atoms with Gasteiger partial charge in [-0.1, -0.05) is 66.7 Å². The third kappa shape index (κ3) is 1.71. The van der Waals surface area contributed by atoms with Crippen molar-refractivity contribution in [3.05, 3.63) is 89.6 Å². The normalized spacial score (nSPS) is 16.7. The number of hydrogen-bond donors (Lipinski definition) is 1. The fourth-order valence-electron chi connectivity index (χ4n) is 2.99. The van der Waals surface area contributed by atoms with E-state index in [1.807, 2.05) is 0 Å². The van der Waals surface area contributed by atoms with E-state index >= 15 is 0 Å². The summed E-state index contributed by atoms with van der Waals surface area (Å²) in [5.74, 6) is 0. The standard InChI is InChI=1S/C19H15N/c1-2-7-15(8-3-1)19-18-11-10-14-6-4-5-9-16(14)17(18)12-13-20-19/h1-13,19-20H. The summed E-state index contributed by atoms with van der Waals surface area (Å²) < 4.78 is 0. The molecule has 0 bridgehead atoms. The van der Waals surface area contributed by atoms with E-state index in [1.165, 1.54) is 27.5 Å². The monoisotopic (exact) mass is 257 g/mol. The van der Waals surface area contributed by atoms with Crippen molar-refractivity contribution in [2.45, 2.75) is 6.04 Å². The highest BCUT2D eigenvalue weighted by molar-refractivity contribution is 5.92. The Hall–Kier alpha value is -2.54. The minimum atomic E-state index is 0.237. The van der Waals surface area contributed by atoms with Gasteiger partial charge in [0, 0.05) is 0 Å². The van der Waals surface area contributed by atoms with Gasteiger partial charge in [0.25, 0.3) is 0 Å². The summed E-state index contributed by atoms with van der Waals surface area (Å²) >= 11 is 0. The molecule has 0 saturated carbocycles. The molecule has 1 N–H and O–H groups in total. The zero-order chi connectivity index (χ0) is 13.4. The smallest absolute Gasteiger partial charge is 0.0768 e. The summed E-state index contributed by atoms with van der Waals surface area (Å²) in [6.45, 7) is 0. The molecule has 1 atom stereocenters. The second kappa shape index (κ2) is 4.53. The van der Waals surface area contributed by atoms with Gasteiger partial charge >= 0.3 is 0 Å². The summed E-state index contributed by atoms with van der Waals surface area (Å²) in [4.78, 5) is 0. The van der Waals surface area contributed by atoms with E-state index in [0.29, 0.717) is 0 Å². The van der Waals surface area contributed by atoms with Gasteiger partial charge in [-0.2, -0.15) is 0 Å². The van der Waals surface area contributed by atoms with Crippen molar-refractivity contribution in [3.63, 3.8) is 0 Å². The third-order valence-corrected chi connectivity index (χ3v) is 3.96. The molecule has 0 amide bonds. The molecule has 0 aromatic heterocycles. The Morgan fingerprint density at radius 2 is 1.55 bits per heavy atom. The average molecular weight is 257 g/mol. The van der Waals surface area contributed by atoms with Gasteiger partial charge in [0.2, 0.25) is 0 Å². The maximum atomic E-state index is 3.48. The quantitative estimate of drug-likeness (QED) is 0.676. The SMILES string of the molecule is C1=Cc2c(ccc3ccccc23)C(c2ccccc2)N1. The van der Waals surface area contributed by atoms with Crippen molar-refractivity contribution in [1.82, 2.24) is 5.32 Å². The van der Waals surface area contributed by atoms with E-state index < -0.39 is 0 Å². The Morgan fingerprint density at radius 3 is 2.45 bits per heavy atom. The highest BCUT2D eigenvalue weighted by Gasteiger charge is 2.19. The molecule has 1 heterocycles. The Bertz CT molecular complexity index is 787. The van der Waals surface area contributed by atoms with Crippen LogP contribution in [-0.2, 0) is 0 Å². The molecule has 4 rings (SSSR count). The summed E-state index contributed by atoms with van der Waals surface area (Å²) in [6.07, 6.45) is 4.24. The Morgan fingerprint density at radius 1 is 0.750 bits per heavy atom. The van der Waals surface area contributed by atoms with Crippen molar-refractivity contribution in [2.75, 3.05) is 0 Å². The van der Waals surface area contributed by atoms with Gasteiger partial charge in [-0.3, -0.25) is 0 Å². The van der Waals surface area contributed by atoms with Crippen LogP contribution in [-0.4, -0.2) is 0 Å². The minimum Gasteiger partial charge on any atom is -0.380 e. The third-order valence-electron chi connectivity index (χ3n) is 3.96. The van der Waals surface area contributed by atoms with Crippen LogP contribution in [0.4, 0.5) is 0 Å². The van der Waals surface area contributed by atoms with Crippen LogP contribution in [0.1, 0.15) is 22.7 Å². The van der Waals surface area contributed by atoms with Crippen molar-refractivity contribution < 1.29 is 0 Å². The maximum absolute atomic E-state index is 3.48. The van der Waals surface area contributed by atoms with Crippen LogP contribution >= 0.6 is 0 Å². The molecule has 20 heavy (non-hydrogen) atoms.